The fourth-order valence-electron chi connectivity index (χ4n) is 5.55. The van der Waals surface area contributed by atoms with Gasteiger partial charge in [-0.15, -0.1) is 0 Å². The molecule has 0 fully saturated rings. The molecule has 2 heteroatoms. The Bertz CT molecular complexity index is 719. The maximum atomic E-state index is 9.90. The van der Waals surface area contributed by atoms with Gasteiger partial charge in [0.15, 0.2) is 0 Å². The van der Waals surface area contributed by atoms with Crippen LogP contribution in [0.3, 0.4) is 0 Å². The Hall–Kier alpha value is -1.64. The normalized spacial score (nSPS) is 30.8. The fourth-order valence-corrected chi connectivity index (χ4v) is 5.55. The highest BCUT2D eigenvalue weighted by atomic mass is 16.3. The topological polar surface area (TPSA) is 20.2 Å². The van der Waals surface area contributed by atoms with Gasteiger partial charge < -0.3 is 9.59 Å². The van der Waals surface area contributed by atoms with Crippen molar-refractivity contribution in [1.82, 2.24) is 0 Å². The Kier molecular flexibility index (Phi) is 3.36. The monoisotopic (exact) mass is 308 g/mol. The molecule has 2 aromatic carbocycles. The van der Waals surface area contributed by atoms with E-state index < -0.39 is 0 Å². The quantitative estimate of drug-likeness (QED) is 0.852. The Balaban J connectivity index is 2.05. The molecule has 2 nitrogen and oxygen atoms in total. The maximum absolute atomic E-state index is 9.90. The van der Waals surface area contributed by atoms with Crippen molar-refractivity contribution in [2.24, 2.45) is 0 Å². The highest BCUT2D eigenvalue weighted by Crippen LogP contribution is 2.60. The molecular weight excluding hydrogens is 282 g/mol. The van der Waals surface area contributed by atoms with Gasteiger partial charge in [-0.2, -0.15) is 0 Å². The van der Waals surface area contributed by atoms with Crippen LogP contribution in [0.15, 0.2) is 48.5 Å². The summed E-state index contributed by atoms with van der Waals surface area (Å²) in [5.41, 5.74) is 5.86. The average molecular weight is 308 g/mol. The maximum Gasteiger partial charge on any atom is 0.149 e. The van der Waals surface area contributed by atoms with E-state index in [0.29, 0.717) is 6.04 Å². The smallest absolute Gasteiger partial charge is 0.149 e. The van der Waals surface area contributed by atoms with Crippen LogP contribution in [-0.2, 0) is 12.0 Å². The molecule has 0 spiro atoms. The van der Waals surface area contributed by atoms with Crippen molar-refractivity contribution in [3.8, 4) is 0 Å². The molecule has 0 aliphatic carbocycles. The van der Waals surface area contributed by atoms with Crippen molar-refractivity contribution < 1.29 is 9.59 Å². The Morgan fingerprint density at radius 3 is 2.48 bits per heavy atom. The Morgan fingerprint density at radius 2 is 1.74 bits per heavy atom. The summed E-state index contributed by atoms with van der Waals surface area (Å²) in [4.78, 5) is 0. The van der Waals surface area contributed by atoms with Crippen LogP contribution in [-0.4, -0.2) is 29.3 Å². The van der Waals surface area contributed by atoms with Gasteiger partial charge in [-0.05, 0) is 18.9 Å². The molecule has 2 aliphatic rings. The van der Waals surface area contributed by atoms with E-state index in [2.05, 4.69) is 62.4 Å². The minimum atomic E-state index is -0.0468. The first-order chi connectivity index (χ1) is 11.2. The lowest BCUT2D eigenvalue weighted by atomic mass is 9.78. The number of hydrogen-bond acceptors (Lipinski definition) is 1. The lowest BCUT2D eigenvalue weighted by molar-refractivity contribution is -0.998. The Morgan fingerprint density at radius 1 is 1.04 bits per heavy atom. The van der Waals surface area contributed by atoms with Crippen molar-refractivity contribution in [1.29, 1.82) is 0 Å². The van der Waals surface area contributed by atoms with Gasteiger partial charge >= 0.3 is 0 Å². The third kappa shape index (κ3) is 1.71. The van der Waals surface area contributed by atoms with Crippen molar-refractivity contribution in [3.63, 3.8) is 0 Å². The predicted molar refractivity (Wildman–Crippen MR) is 93.2 cm³/mol. The molecule has 0 saturated heterocycles. The number of aliphatic hydroxyl groups excluding tert-OH is 1. The van der Waals surface area contributed by atoms with E-state index in [1.807, 2.05) is 0 Å². The van der Waals surface area contributed by atoms with Crippen molar-refractivity contribution >= 4 is 0 Å². The number of aliphatic hydroxyl groups is 1. The molecule has 120 valence electrons. The van der Waals surface area contributed by atoms with Gasteiger partial charge in [-0.3, -0.25) is 0 Å². The minimum Gasteiger partial charge on any atom is -0.391 e. The second kappa shape index (κ2) is 5.19. The van der Waals surface area contributed by atoms with Gasteiger partial charge in [-0.25, -0.2) is 0 Å². The second-order valence-corrected chi connectivity index (χ2v) is 7.24. The van der Waals surface area contributed by atoms with Gasteiger partial charge in [0.1, 0.15) is 18.1 Å². The van der Waals surface area contributed by atoms with Crippen molar-refractivity contribution in [2.75, 3.05) is 19.7 Å². The number of quaternary nitrogens is 1. The zero-order valence-corrected chi connectivity index (χ0v) is 14.1. The molecule has 23 heavy (non-hydrogen) atoms. The van der Waals surface area contributed by atoms with E-state index >= 15 is 0 Å². The molecule has 3 atom stereocenters. The van der Waals surface area contributed by atoms with E-state index in [-0.39, 0.29) is 12.1 Å². The first-order valence-corrected chi connectivity index (χ1v) is 8.84. The highest BCUT2D eigenvalue weighted by molar-refractivity contribution is 5.51. The number of rotatable bonds is 4. The third-order valence-corrected chi connectivity index (χ3v) is 6.41. The summed E-state index contributed by atoms with van der Waals surface area (Å²) < 4.78 is 0.982. The molecular formula is C21H26NO+. The van der Waals surface area contributed by atoms with E-state index in [1.54, 1.807) is 0 Å². The fraction of sp³-hybridized carbons (Fsp3) is 0.429. The standard InChI is InChI=1S/C21H26NO/c1-3-12-22(13-14-23)20-15-16-8-4-6-10-18(16)21(22,2)19-11-7-5-9-17(19)20/h4-11,20,23H,3,12-15H2,1-2H3/q+1/t20-,21+,22-/m1/s1. The van der Waals surface area contributed by atoms with E-state index in [0.717, 1.165) is 30.4 Å². The van der Waals surface area contributed by atoms with Crippen LogP contribution in [0.2, 0.25) is 0 Å². The summed E-state index contributed by atoms with van der Waals surface area (Å²) in [6, 6.07) is 18.4. The molecule has 0 radical (unpaired) electrons. The van der Waals surface area contributed by atoms with Crippen LogP contribution in [0.1, 0.15) is 48.6 Å². The molecule has 1 N–H and O–H groups in total. The van der Waals surface area contributed by atoms with Crippen molar-refractivity contribution in [2.45, 2.75) is 38.3 Å². The molecule has 2 aliphatic heterocycles. The lowest BCUT2D eigenvalue weighted by Gasteiger charge is -2.54. The second-order valence-electron chi connectivity index (χ2n) is 7.24. The molecule has 0 amide bonds. The molecule has 0 aromatic heterocycles. The van der Waals surface area contributed by atoms with Gasteiger partial charge in [-0.1, -0.05) is 55.5 Å². The van der Waals surface area contributed by atoms with Crippen LogP contribution in [0.25, 0.3) is 0 Å². The zero-order chi connectivity index (χ0) is 16.1. The molecule has 0 saturated carbocycles. The van der Waals surface area contributed by atoms with Crippen molar-refractivity contribution in [3.05, 3.63) is 70.8 Å². The van der Waals surface area contributed by atoms with Crippen LogP contribution in [0, 0.1) is 0 Å². The molecule has 4 rings (SSSR count). The summed E-state index contributed by atoms with van der Waals surface area (Å²) in [5.74, 6) is 0. The number of nitrogens with zero attached hydrogens (tertiary/aromatic N) is 1. The number of fused-ring (bicyclic) bond motifs is 7. The van der Waals surface area contributed by atoms with Gasteiger partial charge in [0.25, 0.3) is 0 Å². The summed E-state index contributed by atoms with van der Waals surface area (Å²) >= 11 is 0. The summed E-state index contributed by atoms with van der Waals surface area (Å²) in [7, 11) is 0. The zero-order valence-electron chi connectivity index (χ0n) is 14.1. The SMILES string of the molecule is CCC[N@@+]1(CCO)[C@@H]2Cc3ccccc3[C@@]1(C)c1ccccc12. The molecule has 2 aromatic rings. The summed E-state index contributed by atoms with van der Waals surface area (Å²) in [6.45, 7) is 6.88. The summed E-state index contributed by atoms with van der Waals surface area (Å²) in [6.07, 6.45) is 2.23. The minimum absolute atomic E-state index is 0.0468. The van der Waals surface area contributed by atoms with E-state index in [9.17, 15) is 5.11 Å². The van der Waals surface area contributed by atoms with Crippen LogP contribution < -0.4 is 0 Å². The molecule has 0 unspecified atom stereocenters. The number of hydrogen-bond donors (Lipinski definition) is 1. The predicted octanol–water partition coefficient (Wildman–Crippen LogP) is 3.78. The van der Waals surface area contributed by atoms with E-state index in [4.69, 9.17) is 0 Å². The average Bonchev–Trinajstić information content (AvgIpc) is 2.70. The highest BCUT2D eigenvalue weighted by Gasteiger charge is 2.63. The first kappa shape index (κ1) is 14.9. The lowest BCUT2D eigenvalue weighted by Crippen LogP contribution is -2.63. The first-order valence-electron chi connectivity index (χ1n) is 8.84. The third-order valence-electron chi connectivity index (χ3n) is 6.41. The van der Waals surface area contributed by atoms with Crippen LogP contribution in [0.5, 0.6) is 0 Å². The van der Waals surface area contributed by atoms with Crippen LogP contribution in [0.4, 0.5) is 0 Å². The van der Waals surface area contributed by atoms with Crippen LogP contribution >= 0.6 is 0 Å². The van der Waals surface area contributed by atoms with Gasteiger partial charge in [0, 0.05) is 23.1 Å². The van der Waals surface area contributed by atoms with Gasteiger partial charge in [0.05, 0.1) is 13.2 Å². The largest absolute Gasteiger partial charge is 0.391 e. The number of benzene rings is 2. The van der Waals surface area contributed by atoms with E-state index in [1.165, 1.54) is 22.3 Å². The Labute approximate surface area is 139 Å². The molecule has 2 heterocycles. The van der Waals surface area contributed by atoms with Gasteiger partial charge in [0.2, 0.25) is 0 Å². The molecule has 2 bridgehead atoms. The summed E-state index contributed by atoms with van der Waals surface area (Å²) in [5, 5.41) is 9.90.